The van der Waals surface area contributed by atoms with Crippen LogP contribution in [0.2, 0.25) is 5.02 Å². The molecule has 20 heavy (non-hydrogen) atoms. The molecule has 6 nitrogen and oxygen atoms in total. The van der Waals surface area contributed by atoms with E-state index >= 15 is 0 Å². The molecule has 1 saturated carbocycles. The summed E-state index contributed by atoms with van der Waals surface area (Å²) in [4.78, 5) is 34.2. The van der Waals surface area contributed by atoms with Crippen molar-refractivity contribution in [2.45, 2.75) is 12.8 Å². The van der Waals surface area contributed by atoms with Gasteiger partial charge in [-0.05, 0) is 37.1 Å². The van der Waals surface area contributed by atoms with Gasteiger partial charge in [0.2, 0.25) is 11.8 Å². The summed E-state index contributed by atoms with van der Waals surface area (Å²) in [6, 6.07) is 6.50. The highest BCUT2D eigenvalue weighted by Crippen LogP contribution is 2.45. The van der Waals surface area contributed by atoms with Gasteiger partial charge < -0.3 is 15.7 Å². The lowest BCUT2D eigenvalue weighted by Gasteiger charge is -2.11. The molecule has 0 aliphatic heterocycles. The van der Waals surface area contributed by atoms with Crippen molar-refractivity contribution < 1.29 is 19.5 Å². The molecule has 1 aliphatic carbocycles. The summed E-state index contributed by atoms with van der Waals surface area (Å²) in [5.41, 5.74) is -0.784. The Balaban J connectivity index is 1.82. The highest BCUT2D eigenvalue weighted by molar-refractivity contribution is 6.30. The van der Waals surface area contributed by atoms with Crippen molar-refractivity contribution in [3.63, 3.8) is 0 Å². The quantitative estimate of drug-likeness (QED) is 0.713. The Kier molecular flexibility index (Phi) is 3.94. The van der Waals surface area contributed by atoms with E-state index in [1.165, 1.54) is 0 Å². The molecule has 0 aromatic heterocycles. The van der Waals surface area contributed by atoms with Crippen molar-refractivity contribution in [1.29, 1.82) is 0 Å². The first-order chi connectivity index (χ1) is 9.44. The molecule has 7 heteroatoms. The Morgan fingerprint density at radius 1 is 1.20 bits per heavy atom. The van der Waals surface area contributed by atoms with E-state index in [0.717, 1.165) is 0 Å². The van der Waals surface area contributed by atoms with Gasteiger partial charge in [-0.1, -0.05) is 11.6 Å². The van der Waals surface area contributed by atoms with E-state index in [-0.39, 0.29) is 6.54 Å². The first-order valence-electron chi connectivity index (χ1n) is 6.01. The SMILES string of the molecule is O=C(CNC(=O)C1(C(=O)O)CC1)Nc1ccc(Cl)cc1. The average Bonchev–Trinajstić information content (AvgIpc) is 3.20. The third kappa shape index (κ3) is 3.08. The fourth-order valence-electron chi connectivity index (χ4n) is 1.73. The number of amides is 2. The van der Waals surface area contributed by atoms with Crippen LogP contribution in [0, 0.1) is 5.41 Å². The standard InChI is InChI=1S/C13H13ClN2O4/c14-8-1-3-9(4-2-8)16-10(17)7-15-11(18)13(5-6-13)12(19)20/h1-4H,5-7H2,(H,15,18)(H,16,17)(H,19,20). The van der Waals surface area contributed by atoms with Gasteiger partial charge in [0.15, 0.2) is 0 Å². The smallest absolute Gasteiger partial charge is 0.319 e. The van der Waals surface area contributed by atoms with E-state index in [1.54, 1.807) is 24.3 Å². The molecule has 0 saturated heterocycles. The van der Waals surface area contributed by atoms with Crippen LogP contribution in [0.3, 0.4) is 0 Å². The summed E-state index contributed by atoms with van der Waals surface area (Å²) >= 11 is 5.71. The molecular formula is C13H13ClN2O4. The van der Waals surface area contributed by atoms with Crippen LogP contribution in [0.1, 0.15) is 12.8 Å². The Morgan fingerprint density at radius 3 is 2.30 bits per heavy atom. The Morgan fingerprint density at radius 2 is 1.80 bits per heavy atom. The van der Waals surface area contributed by atoms with Crippen molar-refractivity contribution in [1.82, 2.24) is 5.32 Å². The summed E-state index contributed by atoms with van der Waals surface area (Å²) < 4.78 is 0. The van der Waals surface area contributed by atoms with Gasteiger partial charge in [-0.15, -0.1) is 0 Å². The monoisotopic (exact) mass is 296 g/mol. The second-order valence-corrected chi connectivity index (χ2v) is 5.06. The number of rotatable bonds is 5. The zero-order valence-electron chi connectivity index (χ0n) is 10.5. The summed E-state index contributed by atoms with van der Waals surface area (Å²) in [5.74, 6) is -2.19. The first kappa shape index (κ1) is 14.3. The van der Waals surface area contributed by atoms with Crippen LogP contribution in [0.25, 0.3) is 0 Å². The molecule has 0 spiro atoms. The number of anilines is 1. The predicted octanol–water partition coefficient (Wildman–Crippen LogP) is 1.26. The summed E-state index contributed by atoms with van der Waals surface area (Å²) in [6.45, 7) is -0.267. The molecule has 3 N–H and O–H groups in total. The van der Waals surface area contributed by atoms with Gasteiger partial charge in [0.05, 0.1) is 6.54 Å². The number of nitrogens with one attached hydrogen (secondary N) is 2. The molecule has 1 aromatic carbocycles. The lowest BCUT2D eigenvalue weighted by Crippen LogP contribution is -2.40. The van der Waals surface area contributed by atoms with E-state index in [0.29, 0.717) is 23.6 Å². The average molecular weight is 297 g/mol. The van der Waals surface area contributed by atoms with E-state index < -0.39 is 23.2 Å². The summed E-state index contributed by atoms with van der Waals surface area (Å²) in [6.07, 6.45) is 0.625. The first-order valence-corrected chi connectivity index (χ1v) is 6.39. The van der Waals surface area contributed by atoms with Gasteiger partial charge in [-0.25, -0.2) is 0 Å². The molecule has 1 aliphatic rings. The third-order valence-corrected chi connectivity index (χ3v) is 3.38. The van der Waals surface area contributed by atoms with E-state index in [4.69, 9.17) is 16.7 Å². The molecule has 0 bridgehead atoms. The van der Waals surface area contributed by atoms with Gasteiger partial charge in [0.25, 0.3) is 0 Å². The predicted molar refractivity (Wildman–Crippen MR) is 72.4 cm³/mol. The maximum atomic E-state index is 11.7. The molecule has 0 radical (unpaired) electrons. The zero-order chi connectivity index (χ0) is 14.8. The second kappa shape index (κ2) is 5.50. The zero-order valence-corrected chi connectivity index (χ0v) is 11.2. The van der Waals surface area contributed by atoms with Crippen molar-refractivity contribution >= 4 is 35.1 Å². The minimum absolute atomic E-state index is 0.267. The van der Waals surface area contributed by atoms with Crippen molar-refractivity contribution in [2.24, 2.45) is 5.41 Å². The molecule has 0 unspecified atom stereocenters. The summed E-state index contributed by atoms with van der Waals surface area (Å²) in [5, 5.41) is 14.4. The molecule has 106 valence electrons. The number of halogens is 1. The number of carboxylic acids is 1. The van der Waals surface area contributed by atoms with E-state index in [2.05, 4.69) is 10.6 Å². The second-order valence-electron chi connectivity index (χ2n) is 4.63. The molecule has 1 aromatic rings. The number of carbonyl (C=O) groups is 3. The molecule has 0 atom stereocenters. The topological polar surface area (TPSA) is 95.5 Å². The van der Waals surface area contributed by atoms with Crippen LogP contribution in [0.15, 0.2) is 24.3 Å². The lowest BCUT2D eigenvalue weighted by molar-refractivity contribution is -0.149. The van der Waals surface area contributed by atoms with Gasteiger partial charge in [0.1, 0.15) is 5.41 Å². The highest BCUT2D eigenvalue weighted by Gasteiger charge is 2.57. The van der Waals surface area contributed by atoms with Gasteiger partial charge in [0, 0.05) is 10.7 Å². The molecular weight excluding hydrogens is 284 g/mol. The maximum absolute atomic E-state index is 11.7. The van der Waals surface area contributed by atoms with Crippen LogP contribution in [0.4, 0.5) is 5.69 Å². The number of hydrogen-bond donors (Lipinski definition) is 3. The lowest BCUT2D eigenvalue weighted by atomic mass is 10.1. The number of hydrogen-bond acceptors (Lipinski definition) is 3. The van der Waals surface area contributed by atoms with Crippen molar-refractivity contribution in [2.75, 3.05) is 11.9 Å². The van der Waals surface area contributed by atoms with E-state index in [9.17, 15) is 14.4 Å². The Bertz CT molecular complexity index is 552. The van der Waals surface area contributed by atoms with Gasteiger partial charge in [-0.3, -0.25) is 14.4 Å². The minimum Gasteiger partial charge on any atom is -0.480 e. The fourth-order valence-corrected chi connectivity index (χ4v) is 1.86. The number of aliphatic carboxylic acids is 1. The molecule has 0 heterocycles. The number of carbonyl (C=O) groups excluding carboxylic acids is 2. The number of benzene rings is 1. The van der Waals surface area contributed by atoms with Crippen LogP contribution in [-0.2, 0) is 14.4 Å². The Labute approximate surface area is 120 Å². The third-order valence-electron chi connectivity index (χ3n) is 3.13. The molecule has 1 fully saturated rings. The van der Waals surface area contributed by atoms with Crippen LogP contribution < -0.4 is 10.6 Å². The minimum atomic E-state index is -1.33. The van der Waals surface area contributed by atoms with E-state index in [1.807, 2.05) is 0 Å². The summed E-state index contributed by atoms with van der Waals surface area (Å²) in [7, 11) is 0. The molecule has 2 rings (SSSR count). The highest BCUT2D eigenvalue weighted by atomic mass is 35.5. The largest absolute Gasteiger partial charge is 0.480 e. The van der Waals surface area contributed by atoms with Crippen LogP contribution in [-0.4, -0.2) is 29.4 Å². The van der Waals surface area contributed by atoms with Crippen molar-refractivity contribution in [3.05, 3.63) is 29.3 Å². The molecule has 2 amide bonds. The van der Waals surface area contributed by atoms with Crippen LogP contribution in [0.5, 0.6) is 0 Å². The normalized spacial score (nSPS) is 15.2. The van der Waals surface area contributed by atoms with Crippen LogP contribution >= 0.6 is 11.6 Å². The maximum Gasteiger partial charge on any atom is 0.319 e. The van der Waals surface area contributed by atoms with Gasteiger partial charge in [-0.2, -0.15) is 0 Å². The fraction of sp³-hybridized carbons (Fsp3) is 0.308. The number of carboxylic acid groups (broad SMARTS) is 1. The Hall–Kier alpha value is -2.08. The van der Waals surface area contributed by atoms with Gasteiger partial charge >= 0.3 is 5.97 Å². The van der Waals surface area contributed by atoms with Crippen molar-refractivity contribution in [3.8, 4) is 0 Å².